The minimum atomic E-state index is 0.454. The second kappa shape index (κ2) is 4.43. The smallest absolute Gasteiger partial charge is 0.0713 e. The van der Waals surface area contributed by atoms with E-state index >= 15 is 0 Å². The van der Waals surface area contributed by atoms with Gasteiger partial charge < -0.3 is 4.74 Å². The van der Waals surface area contributed by atoms with Gasteiger partial charge in [0.05, 0.1) is 6.10 Å². The highest BCUT2D eigenvalue weighted by Gasteiger charge is 2.34. The Hall–Kier alpha value is -0.0800. The number of nitrogens with zero attached hydrogens (tertiary/aromatic N) is 1. The summed E-state index contributed by atoms with van der Waals surface area (Å²) in [7, 11) is 1.83. The van der Waals surface area contributed by atoms with Crippen LogP contribution in [0.4, 0.5) is 0 Å². The largest absolute Gasteiger partial charge is 0.380 e. The lowest BCUT2D eigenvalue weighted by Crippen LogP contribution is -2.38. The van der Waals surface area contributed by atoms with Gasteiger partial charge in [0, 0.05) is 25.7 Å². The van der Waals surface area contributed by atoms with Crippen molar-refractivity contribution in [3.63, 3.8) is 0 Å². The zero-order valence-electron chi connectivity index (χ0n) is 9.58. The molecule has 2 atom stereocenters. The van der Waals surface area contributed by atoms with Crippen molar-refractivity contribution in [2.75, 3.05) is 13.7 Å². The summed E-state index contributed by atoms with van der Waals surface area (Å²) in [5.74, 6) is 0.738. The molecule has 1 heterocycles. The van der Waals surface area contributed by atoms with Gasteiger partial charge in [-0.25, -0.2) is 0 Å². The van der Waals surface area contributed by atoms with Gasteiger partial charge in [0.1, 0.15) is 0 Å². The molecule has 2 unspecified atom stereocenters. The maximum Gasteiger partial charge on any atom is 0.0713 e. The average Bonchev–Trinajstić information content (AvgIpc) is 2.47. The Morgan fingerprint density at radius 2 is 1.85 bits per heavy atom. The molecule has 0 radical (unpaired) electrons. The normalized spacial score (nSPS) is 30.7. The predicted molar refractivity (Wildman–Crippen MR) is 55.9 cm³/mol. The van der Waals surface area contributed by atoms with Crippen LogP contribution in [0, 0.1) is 5.92 Å². The maximum absolute atomic E-state index is 5.43. The monoisotopic (exact) mass is 185 g/mol. The van der Waals surface area contributed by atoms with E-state index in [-0.39, 0.29) is 0 Å². The molecule has 1 saturated heterocycles. The van der Waals surface area contributed by atoms with E-state index in [1.54, 1.807) is 0 Å². The van der Waals surface area contributed by atoms with E-state index in [4.69, 9.17) is 4.74 Å². The molecule has 13 heavy (non-hydrogen) atoms. The van der Waals surface area contributed by atoms with Crippen molar-refractivity contribution in [2.45, 2.75) is 52.3 Å². The lowest BCUT2D eigenvalue weighted by molar-refractivity contribution is 0.102. The van der Waals surface area contributed by atoms with Crippen LogP contribution in [0.5, 0.6) is 0 Å². The van der Waals surface area contributed by atoms with Crippen LogP contribution in [0.3, 0.4) is 0 Å². The van der Waals surface area contributed by atoms with Gasteiger partial charge in [-0.05, 0) is 26.2 Å². The van der Waals surface area contributed by atoms with Crippen molar-refractivity contribution in [3.05, 3.63) is 0 Å². The summed E-state index contributed by atoms with van der Waals surface area (Å²) < 4.78 is 5.43. The second-order valence-corrected chi connectivity index (χ2v) is 4.70. The van der Waals surface area contributed by atoms with Gasteiger partial charge in [-0.1, -0.05) is 13.8 Å². The molecular formula is C11H23NO. The lowest BCUT2D eigenvalue weighted by atomic mass is 10.0. The molecule has 0 aromatic carbocycles. The molecule has 0 saturated carbocycles. The number of likely N-dealkylation sites (tertiary alicyclic amines) is 1. The fourth-order valence-corrected chi connectivity index (χ4v) is 2.27. The summed E-state index contributed by atoms with van der Waals surface area (Å²) >= 11 is 0. The molecule has 2 heteroatoms. The average molecular weight is 185 g/mol. The molecule has 0 N–H and O–H groups in total. The molecule has 0 bridgehead atoms. The number of hydrogen-bond donors (Lipinski definition) is 0. The summed E-state index contributed by atoms with van der Waals surface area (Å²) in [4.78, 5) is 2.57. The van der Waals surface area contributed by atoms with Crippen molar-refractivity contribution >= 4 is 0 Å². The zero-order valence-corrected chi connectivity index (χ0v) is 9.58. The van der Waals surface area contributed by atoms with Gasteiger partial charge >= 0.3 is 0 Å². The third-order valence-electron chi connectivity index (χ3n) is 3.11. The number of rotatable bonds is 3. The Bertz CT molecular complexity index is 140. The van der Waals surface area contributed by atoms with Crippen LogP contribution in [-0.4, -0.2) is 36.7 Å². The van der Waals surface area contributed by atoms with E-state index in [0.717, 1.165) is 12.5 Å². The van der Waals surface area contributed by atoms with Gasteiger partial charge in [-0.15, -0.1) is 0 Å². The Labute approximate surface area is 82.3 Å². The molecule has 0 aromatic rings. The zero-order chi connectivity index (χ0) is 10.0. The molecule has 0 aliphatic carbocycles. The van der Waals surface area contributed by atoms with Crippen LogP contribution in [0.15, 0.2) is 0 Å². The van der Waals surface area contributed by atoms with Crippen LogP contribution in [0.1, 0.15) is 34.1 Å². The summed E-state index contributed by atoms with van der Waals surface area (Å²) in [5, 5.41) is 0. The quantitative estimate of drug-likeness (QED) is 0.668. The minimum absolute atomic E-state index is 0.454. The third-order valence-corrected chi connectivity index (χ3v) is 3.11. The van der Waals surface area contributed by atoms with E-state index < -0.39 is 0 Å². The number of hydrogen-bond acceptors (Lipinski definition) is 2. The fraction of sp³-hybridized carbons (Fsp3) is 1.00. The molecule has 0 aromatic heterocycles. The van der Waals surface area contributed by atoms with Crippen molar-refractivity contribution in [1.29, 1.82) is 0 Å². The van der Waals surface area contributed by atoms with Gasteiger partial charge in [-0.3, -0.25) is 4.90 Å². The first kappa shape index (κ1) is 11.0. The molecule has 1 aliphatic rings. The molecule has 78 valence electrons. The second-order valence-electron chi connectivity index (χ2n) is 4.70. The van der Waals surface area contributed by atoms with Crippen molar-refractivity contribution in [2.24, 2.45) is 5.92 Å². The Kier molecular flexibility index (Phi) is 3.74. The molecule has 1 rings (SSSR count). The van der Waals surface area contributed by atoms with Gasteiger partial charge in [0.15, 0.2) is 0 Å². The first-order valence-electron chi connectivity index (χ1n) is 5.34. The van der Waals surface area contributed by atoms with Crippen molar-refractivity contribution < 1.29 is 4.74 Å². The van der Waals surface area contributed by atoms with Crippen LogP contribution >= 0.6 is 0 Å². The topological polar surface area (TPSA) is 12.5 Å². The van der Waals surface area contributed by atoms with Crippen LogP contribution in [0.25, 0.3) is 0 Å². The Balaban J connectivity index is 2.60. The highest BCUT2D eigenvalue weighted by Crippen LogP contribution is 2.27. The highest BCUT2D eigenvalue weighted by atomic mass is 16.5. The molecule has 0 amide bonds. The number of ether oxygens (including phenoxy) is 1. The van der Waals surface area contributed by atoms with E-state index in [9.17, 15) is 0 Å². The standard InChI is InChI=1S/C11H23NO/c1-8(2)11-6-10(13-5)7-12(11)9(3)4/h8-11H,6-7H2,1-5H3. The Morgan fingerprint density at radius 1 is 1.23 bits per heavy atom. The first-order chi connectivity index (χ1) is 6.06. The first-order valence-corrected chi connectivity index (χ1v) is 5.34. The summed E-state index contributed by atoms with van der Waals surface area (Å²) in [5.41, 5.74) is 0. The minimum Gasteiger partial charge on any atom is -0.380 e. The lowest BCUT2D eigenvalue weighted by Gasteiger charge is -2.30. The van der Waals surface area contributed by atoms with E-state index in [0.29, 0.717) is 18.2 Å². The SMILES string of the molecule is COC1CC(C(C)C)N(C(C)C)C1. The van der Waals surface area contributed by atoms with Crippen molar-refractivity contribution in [1.82, 2.24) is 4.90 Å². The fourth-order valence-electron chi connectivity index (χ4n) is 2.27. The van der Waals surface area contributed by atoms with Gasteiger partial charge in [0.25, 0.3) is 0 Å². The maximum atomic E-state index is 5.43. The molecular weight excluding hydrogens is 162 g/mol. The van der Waals surface area contributed by atoms with Crippen LogP contribution < -0.4 is 0 Å². The molecule has 2 nitrogen and oxygen atoms in total. The highest BCUT2D eigenvalue weighted by molar-refractivity contribution is 4.89. The molecule has 1 fully saturated rings. The van der Waals surface area contributed by atoms with Crippen LogP contribution in [-0.2, 0) is 4.74 Å². The summed E-state index contributed by atoms with van der Waals surface area (Å²) in [6, 6.07) is 1.36. The Morgan fingerprint density at radius 3 is 2.15 bits per heavy atom. The van der Waals surface area contributed by atoms with E-state index in [2.05, 4.69) is 32.6 Å². The van der Waals surface area contributed by atoms with Crippen LogP contribution in [0.2, 0.25) is 0 Å². The molecule has 0 spiro atoms. The van der Waals surface area contributed by atoms with Crippen molar-refractivity contribution in [3.8, 4) is 0 Å². The van der Waals surface area contributed by atoms with E-state index in [1.807, 2.05) is 7.11 Å². The summed E-state index contributed by atoms with van der Waals surface area (Å²) in [6.45, 7) is 10.3. The third kappa shape index (κ3) is 2.44. The van der Waals surface area contributed by atoms with E-state index in [1.165, 1.54) is 6.42 Å². The molecule has 1 aliphatic heterocycles. The van der Waals surface area contributed by atoms with Gasteiger partial charge in [-0.2, -0.15) is 0 Å². The summed E-state index contributed by atoms with van der Waals surface area (Å²) in [6.07, 6.45) is 1.65. The number of methoxy groups -OCH3 is 1. The predicted octanol–water partition coefficient (Wildman–Crippen LogP) is 2.14. The van der Waals surface area contributed by atoms with Gasteiger partial charge in [0.2, 0.25) is 0 Å².